The van der Waals surface area contributed by atoms with E-state index in [1.54, 1.807) is 0 Å². The number of hydrogen-bond acceptors (Lipinski definition) is 6. The van der Waals surface area contributed by atoms with Crippen LogP contribution in [0.2, 0.25) is 0 Å². The lowest BCUT2D eigenvalue weighted by molar-refractivity contribution is -0.144. The molecule has 2 atom stereocenters. The second-order valence-corrected chi connectivity index (χ2v) is 10.6. The smallest absolute Gasteiger partial charge is 0.412 e. The number of fused-ring (bicyclic) bond motifs is 1. The minimum atomic E-state index is -4.84. The number of carboxylic acids is 1. The molecule has 1 amide bonds. The Labute approximate surface area is 261 Å². The Morgan fingerprint density at radius 2 is 1.64 bits per heavy atom. The van der Waals surface area contributed by atoms with Crippen molar-refractivity contribution in [3.05, 3.63) is 122 Å². The largest absolute Gasteiger partial charge is 0.480 e. The molecule has 244 valence electrons. The number of amides is 1. The molecule has 0 spiro atoms. The number of alkyl halides is 3. The summed E-state index contributed by atoms with van der Waals surface area (Å²) in [6, 6.07) is 6.51. The average Bonchev–Trinajstić information content (AvgIpc) is 3.51. The molecule has 3 N–H and O–H groups in total. The fourth-order valence-electron chi connectivity index (χ4n) is 5.12. The summed E-state index contributed by atoms with van der Waals surface area (Å²) in [5.41, 5.74) is -2.21. The Morgan fingerprint density at radius 1 is 0.979 bits per heavy atom. The van der Waals surface area contributed by atoms with E-state index < -0.39 is 70.7 Å². The molecule has 0 fully saturated rings. The minimum Gasteiger partial charge on any atom is -0.480 e. The van der Waals surface area contributed by atoms with Crippen molar-refractivity contribution < 1.29 is 36.6 Å². The molecule has 0 saturated heterocycles. The standard InChI is InChI=1S/C31H25F5N6O5/c1-40-15-20(28(44)41(2)30(40)47)19-9-8-18(42-11-10-37-26(19)42)14-23(29(45)46)39-27(43)24-21(32)12-17(13-22(24)33)38-25(31(34,35)36)16-6-4-3-5-7-16/h3-13,15,23,25,38H,14H2,1-2H3,(H,39,43)(H,45,46)/t23-,25+/m0/s1. The van der Waals surface area contributed by atoms with E-state index in [4.69, 9.17) is 0 Å². The summed E-state index contributed by atoms with van der Waals surface area (Å²) in [7, 11) is 2.77. The molecule has 0 saturated carbocycles. The molecule has 5 rings (SSSR count). The second-order valence-electron chi connectivity index (χ2n) is 10.6. The van der Waals surface area contributed by atoms with Gasteiger partial charge in [-0.25, -0.2) is 23.4 Å². The van der Waals surface area contributed by atoms with Crippen molar-refractivity contribution >= 4 is 23.2 Å². The number of nitrogens with zero attached hydrogens (tertiary/aromatic N) is 4. The van der Waals surface area contributed by atoms with Crippen molar-refractivity contribution in [2.45, 2.75) is 24.7 Å². The third-order valence-corrected chi connectivity index (χ3v) is 7.43. The van der Waals surface area contributed by atoms with Gasteiger partial charge >= 0.3 is 17.8 Å². The summed E-state index contributed by atoms with van der Waals surface area (Å²) in [6.45, 7) is 0. The number of anilines is 1. The van der Waals surface area contributed by atoms with Crippen LogP contribution >= 0.6 is 0 Å². The number of hydrogen-bond donors (Lipinski definition) is 3. The molecule has 2 aromatic carbocycles. The molecular formula is C31H25F5N6O5. The molecule has 0 aliphatic heterocycles. The van der Waals surface area contributed by atoms with Gasteiger partial charge in [0, 0.05) is 56.1 Å². The summed E-state index contributed by atoms with van der Waals surface area (Å²) in [4.78, 5) is 54.3. The fourth-order valence-corrected chi connectivity index (χ4v) is 5.12. The van der Waals surface area contributed by atoms with Gasteiger partial charge in [0.05, 0.1) is 5.56 Å². The molecular weight excluding hydrogens is 631 g/mol. The first-order valence-corrected chi connectivity index (χ1v) is 13.8. The SMILES string of the molecule is Cn1cc(-c2ccc(C[C@H](NC(=O)c3c(F)cc(N[C@H](c4ccccc4)C(F)(F)F)cc3F)C(=O)O)n3ccnc23)c(=O)n(C)c1=O. The number of halogens is 5. The number of nitrogens with one attached hydrogen (secondary N) is 2. The van der Waals surface area contributed by atoms with Gasteiger partial charge in [0.15, 0.2) is 0 Å². The highest BCUT2D eigenvalue weighted by Crippen LogP contribution is 2.36. The van der Waals surface area contributed by atoms with Crippen molar-refractivity contribution in [1.29, 1.82) is 0 Å². The molecule has 11 nitrogen and oxygen atoms in total. The van der Waals surface area contributed by atoms with Crippen LogP contribution in [0.5, 0.6) is 0 Å². The summed E-state index contributed by atoms with van der Waals surface area (Å²) in [6.07, 6.45) is -1.07. The number of aryl methyl sites for hydroxylation is 1. The van der Waals surface area contributed by atoms with Gasteiger partial charge in [0.25, 0.3) is 11.5 Å². The predicted molar refractivity (Wildman–Crippen MR) is 159 cm³/mol. The van der Waals surface area contributed by atoms with Crippen molar-refractivity contribution in [2.75, 3.05) is 5.32 Å². The molecule has 16 heteroatoms. The van der Waals surface area contributed by atoms with Crippen LogP contribution in [0.1, 0.15) is 27.7 Å². The number of carbonyl (C=O) groups excluding carboxylic acids is 1. The van der Waals surface area contributed by atoms with Crippen LogP contribution in [0.4, 0.5) is 27.6 Å². The molecule has 0 aliphatic carbocycles. The van der Waals surface area contributed by atoms with E-state index in [0.29, 0.717) is 17.7 Å². The van der Waals surface area contributed by atoms with Crippen molar-refractivity contribution in [2.24, 2.45) is 14.1 Å². The topological polar surface area (TPSA) is 140 Å². The van der Waals surface area contributed by atoms with Gasteiger partial charge in [-0.05, 0) is 29.8 Å². The van der Waals surface area contributed by atoms with Crippen LogP contribution in [-0.4, -0.2) is 47.7 Å². The van der Waals surface area contributed by atoms with E-state index in [9.17, 15) is 37.5 Å². The maximum absolute atomic E-state index is 15.0. The second kappa shape index (κ2) is 12.5. The number of carboxylic acid groups (broad SMARTS) is 1. The normalized spacial score (nSPS) is 12.9. The van der Waals surface area contributed by atoms with Gasteiger partial charge in [0.2, 0.25) is 0 Å². The monoisotopic (exact) mass is 656 g/mol. The number of benzene rings is 2. The van der Waals surface area contributed by atoms with Crippen LogP contribution in [-0.2, 0) is 25.3 Å². The Morgan fingerprint density at radius 3 is 2.26 bits per heavy atom. The average molecular weight is 657 g/mol. The molecule has 0 unspecified atom stereocenters. The van der Waals surface area contributed by atoms with Crippen LogP contribution in [0.25, 0.3) is 16.8 Å². The van der Waals surface area contributed by atoms with E-state index >= 15 is 8.78 Å². The van der Waals surface area contributed by atoms with Gasteiger partial charge < -0.3 is 24.7 Å². The maximum atomic E-state index is 15.0. The number of imidazole rings is 1. The maximum Gasteiger partial charge on any atom is 0.412 e. The molecule has 0 radical (unpaired) electrons. The Kier molecular flexibility index (Phi) is 8.69. The lowest BCUT2D eigenvalue weighted by atomic mass is 10.0. The van der Waals surface area contributed by atoms with Gasteiger partial charge in [-0.2, -0.15) is 13.2 Å². The van der Waals surface area contributed by atoms with Crippen LogP contribution < -0.4 is 21.9 Å². The molecule has 0 aliphatic rings. The van der Waals surface area contributed by atoms with Gasteiger partial charge in [-0.1, -0.05) is 30.3 Å². The number of rotatable bonds is 9. The minimum absolute atomic E-state index is 0.134. The quantitative estimate of drug-likeness (QED) is 0.205. The van der Waals surface area contributed by atoms with Crippen molar-refractivity contribution in [3.63, 3.8) is 0 Å². The zero-order valence-corrected chi connectivity index (χ0v) is 24.5. The van der Waals surface area contributed by atoms with E-state index in [2.05, 4.69) is 10.3 Å². The predicted octanol–water partition coefficient (Wildman–Crippen LogP) is 3.82. The number of pyridine rings is 1. The first kappa shape index (κ1) is 32.6. The van der Waals surface area contributed by atoms with E-state index in [0.717, 1.165) is 4.57 Å². The van der Waals surface area contributed by atoms with E-state index in [1.807, 2.05) is 5.32 Å². The van der Waals surface area contributed by atoms with Gasteiger partial charge in [0.1, 0.15) is 34.9 Å². The molecule has 0 bridgehead atoms. The summed E-state index contributed by atoms with van der Waals surface area (Å²) < 4.78 is 74.9. The van der Waals surface area contributed by atoms with Crippen LogP contribution in [0.15, 0.2) is 82.8 Å². The van der Waals surface area contributed by atoms with E-state index in [-0.39, 0.29) is 22.5 Å². The van der Waals surface area contributed by atoms with Gasteiger partial charge in [-0.15, -0.1) is 0 Å². The molecule has 5 aromatic rings. The third kappa shape index (κ3) is 6.47. The first-order valence-electron chi connectivity index (χ1n) is 13.8. The van der Waals surface area contributed by atoms with Crippen molar-refractivity contribution in [3.8, 4) is 11.1 Å². The number of aliphatic carboxylic acids is 1. The summed E-state index contributed by atoms with van der Waals surface area (Å²) in [5, 5.41) is 14.0. The zero-order valence-electron chi connectivity index (χ0n) is 24.5. The summed E-state index contributed by atoms with van der Waals surface area (Å²) in [5.74, 6) is -6.06. The molecule has 3 heterocycles. The van der Waals surface area contributed by atoms with Gasteiger partial charge in [-0.3, -0.25) is 14.2 Å². The highest BCUT2D eigenvalue weighted by molar-refractivity contribution is 5.97. The number of aromatic nitrogens is 4. The fraction of sp³-hybridized carbons (Fsp3) is 0.194. The molecule has 47 heavy (non-hydrogen) atoms. The Hall–Kier alpha value is -5.80. The highest BCUT2D eigenvalue weighted by Gasteiger charge is 2.41. The number of carbonyl (C=O) groups is 2. The van der Waals surface area contributed by atoms with E-state index in [1.165, 1.54) is 84.1 Å². The van der Waals surface area contributed by atoms with Crippen LogP contribution in [0.3, 0.4) is 0 Å². The third-order valence-electron chi connectivity index (χ3n) is 7.43. The lowest BCUT2D eigenvalue weighted by Gasteiger charge is -2.23. The summed E-state index contributed by atoms with van der Waals surface area (Å²) >= 11 is 0. The Balaban J connectivity index is 1.41. The zero-order chi connectivity index (χ0) is 34.2. The molecule has 3 aromatic heterocycles. The Bertz CT molecular complexity index is 2100. The van der Waals surface area contributed by atoms with Crippen molar-refractivity contribution in [1.82, 2.24) is 23.8 Å². The first-order chi connectivity index (χ1) is 22.2. The van der Waals surface area contributed by atoms with Crippen LogP contribution in [0, 0.1) is 11.6 Å². The highest BCUT2D eigenvalue weighted by atomic mass is 19.4. The lowest BCUT2D eigenvalue weighted by Crippen LogP contribution is -2.43.